The first-order valence-electron chi connectivity index (χ1n) is 27.0. The topological polar surface area (TPSA) is 78.9 Å². The van der Waals surface area contributed by atoms with Crippen molar-refractivity contribution in [2.24, 2.45) is 0 Å². The van der Waals surface area contributed by atoms with E-state index in [2.05, 4.69) is 20.8 Å². The van der Waals surface area contributed by atoms with Gasteiger partial charge in [0, 0.05) is 19.3 Å². The molecule has 0 aromatic heterocycles. The number of hydrogen-bond acceptors (Lipinski definition) is 6. The molecule has 356 valence electrons. The number of hydrogen-bond donors (Lipinski definition) is 0. The van der Waals surface area contributed by atoms with Gasteiger partial charge in [-0.1, -0.05) is 271 Å². The summed E-state index contributed by atoms with van der Waals surface area (Å²) in [5.41, 5.74) is 0. The minimum atomic E-state index is -0.759. The highest BCUT2D eigenvalue weighted by Gasteiger charge is 2.19. The Morgan fingerprint density at radius 3 is 0.667 bits per heavy atom. The van der Waals surface area contributed by atoms with Crippen LogP contribution in [0.3, 0.4) is 0 Å². The van der Waals surface area contributed by atoms with E-state index in [0.717, 1.165) is 57.8 Å². The van der Waals surface area contributed by atoms with Gasteiger partial charge in [-0.25, -0.2) is 0 Å². The molecule has 0 unspecified atom stereocenters. The highest BCUT2D eigenvalue weighted by molar-refractivity contribution is 5.71. The molecule has 0 saturated heterocycles. The molecule has 0 aromatic rings. The first-order valence-corrected chi connectivity index (χ1v) is 27.0. The number of unbranched alkanes of at least 4 members (excludes halogenated alkanes) is 39. The predicted molar refractivity (Wildman–Crippen MR) is 257 cm³/mol. The molecular weight excluding hydrogens is 745 g/mol. The summed E-state index contributed by atoms with van der Waals surface area (Å²) in [5, 5.41) is 0. The highest BCUT2D eigenvalue weighted by Crippen LogP contribution is 2.17. The van der Waals surface area contributed by atoms with Crippen molar-refractivity contribution in [1.29, 1.82) is 0 Å². The van der Waals surface area contributed by atoms with Gasteiger partial charge in [0.1, 0.15) is 13.2 Å². The molecule has 6 nitrogen and oxygen atoms in total. The fraction of sp³-hybridized carbons (Fsp3) is 0.944. The Bertz CT molecular complexity index is 889. The number of carbonyl (C=O) groups excluding carboxylic acids is 3. The van der Waals surface area contributed by atoms with E-state index < -0.39 is 6.10 Å². The zero-order valence-electron chi connectivity index (χ0n) is 40.8. The second-order valence-electron chi connectivity index (χ2n) is 18.5. The van der Waals surface area contributed by atoms with Gasteiger partial charge in [0.2, 0.25) is 0 Å². The van der Waals surface area contributed by atoms with Crippen molar-refractivity contribution in [2.45, 2.75) is 316 Å². The van der Waals surface area contributed by atoms with E-state index >= 15 is 0 Å². The van der Waals surface area contributed by atoms with Crippen molar-refractivity contribution >= 4 is 17.9 Å². The van der Waals surface area contributed by atoms with E-state index in [1.807, 2.05) is 0 Å². The molecule has 1 atom stereocenters. The Morgan fingerprint density at radius 1 is 0.267 bits per heavy atom. The van der Waals surface area contributed by atoms with E-state index in [0.29, 0.717) is 19.3 Å². The van der Waals surface area contributed by atoms with Crippen LogP contribution in [0.4, 0.5) is 0 Å². The number of carbonyl (C=O) groups is 3. The van der Waals surface area contributed by atoms with Gasteiger partial charge in [0.25, 0.3) is 0 Å². The predicted octanol–water partition coefficient (Wildman–Crippen LogP) is 17.6. The van der Waals surface area contributed by atoms with Crippen molar-refractivity contribution in [1.82, 2.24) is 0 Å². The maximum Gasteiger partial charge on any atom is 0.306 e. The summed E-state index contributed by atoms with van der Waals surface area (Å²) < 4.78 is 16.8. The van der Waals surface area contributed by atoms with Gasteiger partial charge < -0.3 is 14.2 Å². The molecular formula is C54H104O6. The third-order valence-corrected chi connectivity index (χ3v) is 12.4. The normalized spacial score (nSPS) is 11.8. The molecule has 0 aromatic carbocycles. The second-order valence-corrected chi connectivity index (χ2v) is 18.5. The van der Waals surface area contributed by atoms with Gasteiger partial charge in [-0.05, 0) is 19.3 Å². The van der Waals surface area contributed by atoms with E-state index in [1.165, 1.54) is 212 Å². The largest absolute Gasteiger partial charge is 0.462 e. The van der Waals surface area contributed by atoms with E-state index in [9.17, 15) is 14.4 Å². The lowest BCUT2D eigenvalue weighted by Crippen LogP contribution is -2.30. The number of esters is 3. The van der Waals surface area contributed by atoms with Crippen LogP contribution in [-0.2, 0) is 28.6 Å². The summed E-state index contributed by atoms with van der Waals surface area (Å²) in [6, 6.07) is 0. The Balaban J connectivity index is 4.21. The summed E-state index contributed by atoms with van der Waals surface area (Å²) >= 11 is 0. The molecule has 0 radical (unpaired) electrons. The zero-order valence-corrected chi connectivity index (χ0v) is 40.8. The van der Waals surface area contributed by atoms with Gasteiger partial charge in [-0.2, -0.15) is 0 Å². The van der Waals surface area contributed by atoms with E-state index in [1.54, 1.807) is 0 Å². The van der Waals surface area contributed by atoms with Crippen LogP contribution in [-0.4, -0.2) is 37.2 Å². The van der Waals surface area contributed by atoms with Crippen molar-refractivity contribution in [3.05, 3.63) is 0 Å². The minimum Gasteiger partial charge on any atom is -0.462 e. The van der Waals surface area contributed by atoms with Gasteiger partial charge in [-0.15, -0.1) is 0 Å². The molecule has 0 bridgehead atoms. The van der Waals surface area contributed by atoms with E-state index in [-0.39, 0.29) is 31.1 Å². The van der Waals surface area contributed by atoms with Crippen LogP contribution in [0.25, 0.3) is 0 Å². The zero-order chi connectivity index (χ0) is 43.7. The summed E-state index contributed by atoms with van der Waals surface area (Å²) in [4.78, 5) is 37.9. The average molecular weight is 849 g/mol. The van der Waals surface area contributed by atoms with Crippen LogP contribution in [0, 0.1) is 0 Å². The molecule has 0 aliphatic rings. The molecule has 0 rings (SSSR count). The fourth-order valence-corrected chi connectivity index (χ4v) is 8.27. The Hall–Kier alpha value is -1.59. The molecule has 0 aliphatic carbocycles. The van der Waals surface area contributed by atoms with Crippen LogP contribution in [0.2, 0.25) is 0 Å². The second kappa shape index (κ2) is 50.1. The smallest absolute Gasteiger partial charge is 0.306 e. The van der Waals surface area contributed by atoms with Crippen LogP contribution in [0.1, 0.15) is 310 Å². The van der Waals surface area contributed by atoms with Gasteiger partial charge >= 0.3 is 17.9 Å². The van der Waals surface area contributed by atoms with Gasteiger partial charge in [0.05, 0.1) is 0 Å². The molecule has 60 heavy (non-hydrogen) atoms. The molecule has 0 spiro atoms. The van der Waals surface area contributed by atoms with Crippen LogP contribution >= 0.6 is 0 Å². The van der Waals surface area contributed by atoms with E-state index in [4.69, 9.17) is 14.2 Å². The van der Waals surface area contributed by atoms with Crippen LogP contribution in [0.5, 0.6) is 0 Å². The third-order valence-electron chi connectivity index (χ3n) is 12.4. The summed E-state index contributed by atoms with van der Waals surface area (Å²) in [5.74, 6) is -0.842. The van der Waals surface area contributed by atoms with Gasteiger partial charge in [0.15, 0.2) is 6.10 Å². The maximum atomic E-state index is 12.8. The van der Waals surface area contributed by atoms with Crippen molar-refractivity contribution in [3.8, 4) is 0 Å². The van der Waals surface area contributed by atoms with Crippen molar-refractivity contribution in [3.63, 3.8) is 0 Å². The maximum absolute atomic E-state index is 12.8. The Kier molecular flexibility index (Phi) is 48.7. The first-order chi connectivity index (χ1) is 29.5. The van der Waals surface area contributed by atoms with Crippen molar-refractivity contribution < 1.29 is 28.6 Å². The minimum absolute atomic E-state index is 0.0618. The monoisotopic (exact) mass is 849 g/mol. The number of rotatable bonds is 50. The lowest BCUT2D eigenvalue weighted by atomic mass is 10.0. The van der Waals surface area contributed by atoms with Gasteiger partial charge in [-0.3, -0.25) is 14.4 Å². The van der Waals surface area contributed by atoms with Crippen molar-refractivity contribution in [2.75, 3.05) is 13.2 Å². The third kappa shape index (κ3) is 47.5. The lowest BCUT2D eigenvalue weighted by Gasteiger charge is -2.18. The van der Waals surface area contributed by atoms with Crippen LogP contribution < -0.4 is 0 Å². The standard InChI is InChI=1S/C54H104O6/c1-4-7-10-13-16-19-21-23-25-26-27-28-29-31-32-35-38-41-44-47-53(56)59-50-51(49-58-52(55)46-43-40-37-34-18-15-12-9-6-3)60-54(57)48-45-42-39-36-33-30-24-22-20-17-14-11-8-5-2/h51H,4-50H2,1-3H3/t51-/m0/s1. The Morgan fingerprint density at radius 2 is 0.450 bits per heavy atom. The fourth-order valence-electron chi connectivity index (χ4n) is 8.27. The molecule has 0 fully saturated rings. The lowest BCUT2D eigenvalue weighted by molar-refractivity contribution is -0.167. The number of ether oxygens (including phenoxy) is 3. The average Bonchev–Trinajstić information content (AvgIpc) is 3.24. The Labute approximate surface area is 374 Å². The molecule has 0 aliphatic heterocycles. The molecule has 0 saturated carbocycles. The van der Waals surface area contributed by atoms with Crippen LogP contribution in [0.15, 0.2) is 0 Å². The quantitative estimate of drug-likeness (QED) is 0.0345. The highest BCUT2D eigenvalue weighted by atomic mass is 16.6. The summed E-state index contributed by atoms with van der Waals surface area (Å²) in [7, 11) is 0. The molecule has 0 heterocycles. The first kappa shape index (κ1) is 58.4. The summed E-state index contributed by atoms with van der Waals surface area (Å²) in [6.45, 7) is 6.67. The molecule has 6 heteroatoms. The molecule has 0 N–H and O–H groups in total. The summed E-state index contributed by atoms with van der Waals surface area (Å²) in [6.07, 6.45) is 53.8. The SMILES string of the molecule is CCCCCCCCCCCCCCCCCCCCCC(=O)OC[C@H](COC(=O)CCCCCCCCCCC)OC(=O)CCCCCCCCCCCCCCCC. The molecule has 0 amide bonds.